The molecule has 0 radical (unpaired) electrons. The fourth-order valence-corrected chi connectivity index (χ4v) is 2.88. The molecule has 108 valence electrons. The van der Waals surface area contributed by atoms with Crippen LogP contribution >= 0.6 is 23.2 Å². The van der Waals surface area contributed by atoms with E-state index in [-0.39, 0.29) is 6.04 Å². The zero-order valence-electron chi connectivity index (χ0n) is 11.6. The third-order valence-electron chi connectivity index (χ3n) is 3.65. The normalized spacial score (nSPS) is 18.0. The number of aliphatic imine (C=N–C) groups is 1. The molecule has 0 fully saturated rings. The number of anilines is 1. The van der Waals surface area contributed by atoms with Gasteiger partial charge in [-0.25, -0.2) is 0 Å². The van der Waals surface area contributed by atoms with Gasteiger partial charge in [0.15, 0.2) is 5.96 Å². The zero-order valence-corrected chi connectivity index (χ0v) is 13.1. The van der Waals surface area contributed by atoms with Gasteiger partial charge in [0.2, 0.25) is 0 Å². The summed E-state index contributed by atoms with van der Waals surface area (Å²) in [6.45, 7) is 2.60. The third kappa shape index (κ3) is 2.71. The number of nitrogens with two attached hydrogens (primary N) is 1. The van der Waals surface area contributed by atoms with Crippen LogP contribution in [0, 0.1) is 6.92 Å². The molecular weight excluding hydrogens is 305 g/mol. The number of hydrogen-bond acceptors (Lipinski definition) is 3. The Kier molecular flexibility index (Phi) is 3.79. The lowest BCUT2D eigenvalue weighted by Gasteiger charge is -2.27. The van der Waals surface area contributed by atoms with Crippen molar-refractivity contribution in [3.05, 3.63) is 63.6 Å². The number of benzene rings is 2. The van der Waals surface area contributed by atoms with Crippen LogP contribution < -0.4 is 10.6 Å². The molecule has 0 amide bonds. The smallest absolute Gasteiger partial charge is 0.196 e. The summed E-state index contributed by atoms with van der Waals surface area (Å²) in [6, 6.07) is 13.7. The molecule has 0 aromatic heterocycles. The quantitative estimate of drug-likeness (QED) is 0.902. The number of aryl methyl sites for hydroxylation is 1. The predicted molar refractivity (Wildman–Crippen MR) is 89.4 cm³/mol. The molecule has 1 heterocycles. The van der Waals surface area contributed by atoms with Crippen molar-refractivity contribution >= 4 is 34.8 Å². The van der Waals surface area contributed by atoms with Crippen LogP contribution in [-0.2, 0) is 0 Å². The summed E-state index contributed by atoms with van der Waals surface area (Å²) >= 11 is 12.3. The summed E-state index contributed by atoms with van der Waals surface area (Å²) in [5.41, 5.74) is 9.14. The summed E-state index contributed by atoms with van der Waals surface area (Å²) in [5, 5.41) is 1.43. The summed E-state index contributed by atoms with van der Waals surface area (Å²) in [6.07, 6.45) is 0. The molecule has 21 heavy (non-hydrogen) atoms. The first-order valence-corrected chi connectivity index (χ1v) is 7.42. The lowest BCUT2D eigenvalue weighted by atomic mass is 10.0. The number of halogens is 2. The maximum absolute atomic E-state index is 6.24. The highest BCUT2D eigenvalue weighted by Crippen LogP contribution is 2.33. The van der Waals surface area contributed by atoms with Crippen molar-refractivity contribution in [3.63, 3.8) is 0 Å². The van der Waals surface area contributed by atoms with Gasteiger partial charge in [-0.3, -0.25) is 4.99 Å². The molecule has 0 saturated heterocycles. The second-order valence-corrected chi connectivity index (χ2v) is 5.92. The van der Waals surface area contributed by atoms with Gasteiger partial charge in [-0.2, -0.15) is 0 Å². The molecule has 1 atom stereocenters. The van der Waals surface area contributed by atoms with Crippen LogP contribution in [0.3, 0.4) is 0 Å². The Morgan fingerprint density at radius 3 is 2.71 bits per heavy atom. The van der Waals surface area contributed by atoms with Crippen molar-refractivity contribution < 1.29 is 0 Å². The lowest BCUT2D eigenvalue weighted by molar-refractivity contribution is 0.768. The number of nitrogens with zero attached hydrogens (tertiary/aromatic N) is 2. The van der Waals surface area contributed by atoms with Crippen LogP contribution in [0.1, 0.15) is 17.2 Å². The lowest BCUT2D eigenvalue weighted by Crippen LogP contribution is -2.36. The highest BCUT2D eigenvalue weighted by Gasteiger charge is 2.29. The minimum atomic E-state index is 0.0431. The molecule has 3 nitrogen and oxygen atoms in total. The van der Waals surface area contributed by atoms with Gasteiger partial charge in [0, 0.05) is 15.7 Å². The van der Waals surface area contributed by atoms with Gasteiger partial charge >= 0.3 is 0 Å². The molecule has 0 aliphatic carbocycles. The Labute approximate surface area is 134 Å². The fourth-order valence-electron chi connectivity index (χ4n) is 2.51. The fraction of sp³-hybridized carbons (Fsp3) is 0.188. The van der Waals surface area contributed by atoms with Crippen molar-refractivity contribution in [2.24, 2.45) is 10.7 Å². The maximum atomic E-state index is 6.24. The van der Waals surface area contributed by atoms with Gasteiger partial charge in [-0.1, -0.05) is 41.4 Å². The number of hydrogen-bond donors (Lipinski definition) is 1. The predicted octanol–water partition coefficient (Wildman–Crippen LogP) is 4.18. The second-order valence-electron chi connectivity index (χ2n) is 5.07. The summed E-state index contributed by atoms with van der Waals surface area (Å²) < 4.78 is 0. The topological polar surface area (TPSA) is 41.6 Å². The van der Waals surface area contributed by atoms with Crippen LogP contribution in [0.2, 0.25) is 10.0 Å². The Bertz CT molecular complexity index is 712. The first-order valence-electron chi connectivity index (χ1n) is 6.67. The molecule has 5 heteroatoms. The number of rotatable bonds is 2. The standard InChI is InChI=1S/C16H15Cl2N3/c1-10-5-6-11(7-14(10)18)15-9-20-16(19)21(15)13-4-2-3-12(17)8-13/h2-8,15H,9H2,1H3,(H2,19,20). The first-order chi connectivity index (χ1) is 10.1. The van der Waals surface area contributed by atoms with Crippen LogP contribution in [0.15, 0.2) is 47.5 Å². The monoisotopic (exact) mass is 319 g/mol. The van der Waals surface area contributed by atoms with E-state index in [1.54, 1.807) is 0 Å². The van der Waals surface area contributed by atoms with E-state index in [0.717, 1.165) is 21.8 Å². The average molecular weight is 320 g/mol. The Hall–Kier alpha value is -1.71. The average Bonchev–Trinajstić information content (AvgIpc) is 2.84. The molecule has 1 unspecified atom stereocenters. The third-order valence-corrected chi connectivity index (χ3v) is 4.29. The van der Waals surface area contributed by atoms with Gasteiger partial charge in [-0.05, 0) is 42.3 Å². The molecule has 2 aromatic rings. The van der Waals surface area contributed by atoms with Gasteiger partial charge in [-0.15, -0.1) is 0 Å². The van der Waals surface area contributed by atoms with Gasteiger partial charge in [0.25, 0.3) is 0 Å². The Morgan fingerprint density at radius 2 is 2.00 bits per heavy atom. The molecule has 0 bridgehead atoms. The second kappa shape index (κ2) is 5.58. The van der Waals surface area contributed by atoms with E-state index in [9.17, 15) is 0 Å². The molecular formula is C16H15Cl2N3. The molecule has 3 rings (SSSR count). The van der Waals surface area contributed by atoms with E-state index in [0.29, 0.717) is 17.5 Å². The van der Waals surface area contributed by atoms with Crippen LogP contribution in [-0.4, -0.2) is 12.5 Å². The number of guanidine groups is 1. The Balaban J connectivity index is 2.00. The van der Waals surface area contributed by atoms with Gasteiger partial charge in [0.1, 0.15) is 0 Å². The molecule has 0 spiro atoms. The van der Waals surface area contributed by atoms with E-state index in [2.05, 4.69) is 11.1 Å². The van der Waals surface area contributed by atoms with Crippen LogP contribution in [0.5, 0.6) is 0 Å². The van der Waals surface area contributed by atoms with Crippen molar-refractivity contribution in [2.75, 3.05) is 11.4 Å². The zero-order chi connectivity index (χ0) is 15.0. The van der Waals surface area contributed by atoms with E-state index in [4.69, 9.17) is 28.9 Å². The molecule has 2 N–H and O–H groups in total. The first kappa shape index (κ1) is 14.2. The highest BCUT2D eigenvalue weighted by molar-refractivity contribution is 6.31. The minimum absolute atomic E-state index is 0.0431. The van der Waals surface area contributed by atoms with E-state index in [1.165, 1.54) is 0 Å². The van der Waals surface area contributed by atoms with E-state index < -0.39 is 0 Å². The highest BCUT2D eigenvalue weighted by atomic mass is 35.5. The van der Waals surface area contributed by atoms with Crippen LogP contribution in [0.4, 0.5) is 5.69 Å². The van der Waals surface area contributed by atoms with E-state index in [1.807, 2.05) is 48.2 Å². The Morgan fingerprint density at radius 1 is 1.19 bits per heavy atom. The molecule has 1 aliphatic rings. The molecule has 0 saturated carbocycles. The van der Waals surface area contributed by atoms with E-state index >= 15 is 0 Å². The molecule has 2 aromatic carbocycles. The summed E-state index contributed by atoms with van der Waals surface area (Å²) in [5.74, 6) is 0.499. The van der Waals surface area contributed by atoms with Crippen molar-refractivity contribution in [1.29, 1.82) is 0 Å². The largest absolute Gasteiger partial charge is 0.369 e. The maximum Gasteiger partial charge on any atom is 0.196 e. The minimum Gasteiger partial charge on any atom is -0.369 e. The van der Waals surface area contributed by atoms with Crippen molar-refractivity contribution in [1.82, 2.24) is 0 Å². The van der Waals surface area contributed by atoms with Crippen molar-refractivity contribution in [3.8, 4) is 0 Å². The molecule has 1 aliphatic heterocycles. The summed E-state index contributed by atoms with van der Waals surface area (Å²) in [4.78, 5) is 6.36. The SMILES string of the molecule is Cc1ccc(C2CN=C(N)N2c2cccc(Cl)c2)cc1Cl. The summed E-state index contributed by atoms with van der Waals surface area (Å²) in [7, 11) is 0. The van der Waals surface area contributed by atoms with Gasteiger partial charge < -0.3 is 10.6 Å². The van der Waals surface area contributed by atoms with Crippen LogP contribution in [0.25, 0.3) is 0 Å². The van der Waals surface area contributed by atoms with Crippen molar-refractivity contribution in [2.45, 2.75) is 13.0 Å². The van der Waals surface area contributed by atoms with Gasteiger partial charge in [0.05, 0.1) is 12.6 Å².